The van der Waals surface area contributed by atoms with Gasteiger partial charge in [-0.1, -0.05) is 26.8 Å². The van der Waals surface area contributed by atoms with Gasteiger partial charge in [0, 0.05) is 30.1 Å². The van der Waals surface area contributed by atoms with Crippen LogP contribution in [-0.2, 0) is 24.3 Å². The first-order chi connectivity index (χ1) is 12.3. The molecule has 0 aliphatic rings. The zero-order valence-corrected chi connectivity index (χ0v) is 20.4. The molecule has 0 saturated carbocycles. The van der Waals surface area contributed by atoms with E-state index in [1.165, 1.54) is 6.07 Å². The van der Waals surface area contributed by atoms with Crippen LogP contribution >= 0.6 is 47.1 Å². The van der Waals surface area contributed by atoms with Crippen LogP contribution in [0.25, 0.3) is 0 Å². The summed E-state index contributed by atoms with van der Waals surface area (Å²) in [6, 6.07) is 4.94. The minimum absolute atomic E-state index is 0. The van der Waals surface area contributed by atoms with E-state index in [0.717, 1.165) is 27.6 Å². The minimum atomic E-state index is -0.196. The lowest BCUT2D eigenvalue weighted by Crippen LogP contribution is -2.36. The van der Waals surface area contributed by atoms with Crippen molar-refractivity contribution in [1.29, 1.82) is 0 Å². The molecule has 0 amide bonds. The van der Waals surface area contributed by atoms with Crippen LogP contribution < -0.4 is 10.6 Å². The monoisotopic (exact) mass is 522 g/mol. The van der Waals surface area contributed by atoms with Gasteiger partial charge in [0.15, 0.2) is 5.96 Å². The average molecular weight is 522 g/mol. The summed E-state index contributed by atoms with van der Waals surface area (Å²) in [5.74, 6) is 1.30. The van der Waals surface area contributed by atoms with Gasteiger partial charge in [-0.25, -0.2) is 9.37 Å². The van der Waals surface area contributed by atoms with Crippen LogP contribution in [0.4, 0.5) is 4.39 Å². The van der Waals surface area contributed by atoms with Gasteiger partial charge in [0.25, 0.3) is 0 Å². The summed E-state index contributed by atoms with van der Waals surface area (Å²) in [7, 11) is 1.74. The predicted octanol–water partition coefficient (Wildman–Crippen LogP) is 4.93. The Morgan fingerprint density at radius 1 is 1.22 bits per heavy atom. The van der Waals surface area contributed by atoms with Gasteiger partial charge in [-0.15, -0.1) is 35.3 Å². The minimum Gasteiger partial charge on any atom is -0.352 e. The maximum Gasteiger partial charge on any atom is 0.191 e. The van der Waals surface area contributed by atoms with Crippen molar-refractivity contribution in [3.63, 3.8) is 0 Å². The Kier molecular flexibility index (Phi) is 10.0. The lowest BCUT2D eigenvalue weighted by molar-refractivity contribution is 0.570. The standard InChI is InChI=1S/C19H27FN4S2.HI/c1-19(2,3)16-12-26-17(24-16)10-23-18(21-4)22-9-13-6-7-15(20)8-14(13)11-25-5;/h6-8,12H,9-11H2,1-5H3,(H2,21,22,23);1H. The quantitative estimate of drug-likeness (QED) is 0.321. The zero-order valence-electron chi connectivity index (χ0n) is 16.4. The summed E-state index contributed by atoms with van der Waals surface area (Å²) in [5, 5.41) is 9.73. The number of guanidine groups is 1. The van der Waals surface area contributed by atoms with E-state index in [9.17, 15) is 4.39 Å². The number of nitrogens with zero attached hydrogens (tertiary/aromatic N) is 2. The van der Waals surface area contributed by atoms with Crippen molar-refractivity contribution >= 4 is 53.0 Å². The van der Waals surface area contributed by atoms with E-state index in [2.05, 4.69) is 46.8 Å². The van der Waals surface area contributed by atoms with E-state index >= 15 is 0 Å². The van der Waals surface area contributed by atoms with Crippen LogP contribution in [-0.4, -0.2) is 24.2 Å². The van der Waals surface area contributed by atoms with Gasteiger partial charge >= 0.3 is 0 Å². The third kappa shape index (κ3) is 7.57. The highest BCUT2D eigenvalue weighted by Gasteiger charge is 2.17. The van der Waals surface area contributed by atoms with Crippen LogP contribution in [0.1, 0.15) is 42.6 Å². The van der Waals surface area contributed by atoms with Crippen LogP contribution in [0.15, 0.2) is 28.6 Å². The van der Waals surface area contributed by atoms with Gasteiger partial charge in [0.2, 0.25) is 0 Å². The van der Waals surface area contributed by atoms with Crippen molar-refractivity contribution in [3.05, 3.63) is 51.2 Å². The maximum atomic E-state index is 13.5. The van der Waals surface area contributed by atoms with Gasteiger partial charge in [0.1, 0.15) is 10.8 Å². The SMILES string of the molecule is CN=C(NCc1nc(C(C)(C)C)cs1)NCc1ccc(F)cc1CSC.I. The van der Waals surface area contributed by atoms with Crippen molar-refractivity contribution in [1.82, 2.24) is 15.6 Å². The Labute approximate surface area is 186 Å². The first-order valence-electron chi connectivity index (χ1n) is 8.49. The smallest absolute Gasteiger partial charge is 0.191 e. The largest absolute Gasteiger partial charge is 0.352 e. The van der Waals surface area contributed by atoms with Crippen molar-refractivity contribution in [2.75, 3.05) is 13.3 Å². The normalized spacial score (nSPS) is 11.9. The number of rotatable bonds is 6. The summed E-state index contributed by atoms with van der Waals surface area (Å²) in [6.07, 6.45) is 2.02. The van der Waals surface area contributed by atoms with E-state index < -0.39 is 0 Å². The summed E-state index contributed by atoms with van der Waals surface area (Å²) in [4.78, 5) is 8.94. The third-order valence-corrected chi connectivity index (χ3v) is 5.31. The van der Waals surface area contributed by atoms with Gasteiger partial charge in [-0.05, 0) is 29.5 Å². The number of nitrogens with one attached hydrogen (secondary N) is 2. The molecule has 8 heteroatoms. The Morgan fingerprint density at radius 3 is 2.52 bits per heavy atom. The first-order valence-corrected chi connectivity index (χ1v) is 10.8. The molecule has 2 aromatic rings. The molecule has 0 atom stereocenters. The molecule has 1 aromatic carbocycles. The highest BCUT2D eigenvalue weighted by atomic mass is 127. The molecule has 0 saturated heterocycles. The summed E-state index contributed by atoms with van der Waals surface area (Å²) >= 11 is 3.34. The molecule has 150 valence electrons. The van der Waals surface area contributed by atoms with Crippen LogP contribution in [0.3, 0.4) is 0 Å². The van der Waals surface area contributed by atoms with Gasteiger partial charge in [0.05, 0.1) is 12.2 Å². The van der Waals surface area contributed by atoms with Gasteiger partial charge in [-0.3, -0.25) is 4.99 Å². The molecular formula is C19H28FIN4S2. The molecule has 2 rings (SSSR count). The van der Waals surface area contributed by atoms with Gasteiger partial charge < -0.3 is 10.6 Å². The van der Waals surface area contributed by atoms with E-state index in [0.29, 0.717) is 19.0 Å². The second-order valence-electron chi connectivity index (χ2n) is 7.00. The number of benzene rings is 1. The highest BCUT2D eigenvalue weighted by Crippen LogP contribution is 2.23. The molecule has 0 bridgehead atoms. The summed E-state index contributed by atoms with van der Waals surface area (Å²) < 4.78 is 13.5. The number of aromatic nitrogens is 1. The molecule has 0 unspecified atom stereocenters. The maximum absolute atomic E-state index is 13.5. The van der Waals surface area contributed by atoms with E-state index in [1.54, 1.807) is 36.2 Å². The Morgan fingerprint density at radius 2 is 1.93 bits per heavy atom. The Balaban J connectivity index is 0.00000364. The molecule has 1 aromatic heterocycles. The zero-order chi connectivity index (χ0) is 19.2. The second kappa shape index (κ2) is 11.2. The van der Waals surface area contributed by atoms with E-state index in [1.807, 2.05) is 12.3 Å². The topological polar surface area (TPSA) is 49.3 Å². The van der Waals surface area contributed by atoms with Gasteiger partial charge in [-0.2, -0.15) is 11.8 Å². The lowest BCUT2D eigenvalue weighted by atomic mass is 9.93. The first kappa shape index (κ1) is 24.2. The fraction of sp³-hybridized carbons (Fsp3) is 0.474. The lowest BCUT2D eigenvalue weighted by Gasteiger charge is -2.15. The van der Waals surface area contributed by atoms with E-state index in [4.69, 9.17) is 0 Å². The number of hydrogen-bond donors (Lipinski definition) is 2. The fourth-order valence-corrected chi connectivity index (χ4v) is 3.89. The van der Waals surface area contributed by atoms with Crippen LogP contribution in [0.5, 0.6) is 0 Å². The van der Waals surface area contributed by atoms with E-state index in [-0.39, 0.29) is 35.2 Å². The third-order valence-electron chi connectivity index (χ3n) is 3.87. The number of halogens is 2. The number of aliphatic imine (C=N–C) groups is 1. The predicted molar refractivity (Wildman–Crippen MR) is 127 cm³/mol. The molecule has 1 heterocycles. The van der Waals surface area contributed by atoms with Crippen molar-refractivity contribution in [2.24, 2.45) is 4.99 Å². The second-order valence-corrected chi connectivity index (χ2v) is 8.81. The van der Waals surface area contributed by atoms with Crippen molar-refractivity contribution in [3.8, 4) is 0 Å². The molecule has 0 spiro atoms. The molecule has 0 radical (unpaired) electrons. The molecule has 4 nitrogen and oxygen atoms in total. The van der Waals surface area contributed by atoms with Crippen LogP contribution in [0, 0.1) is 5.82 Å². The average Bonchev–Trinajstić information content (AvgIpc) is 3.06. The van der Waals surface area contributed by atoms with Crippen molar-refractivity contribution in [2.45, 2.75) is 45.0 Å². The molecule has 0 aliphatic carbocycles. The van der Waals surface area contributed by atoms with Crippen LogP contribution in [0.2, 0.25) is 0 Å². The highest BCUT2D eigenvalue weighted by molar-refractivity contribution is 14.0. The molecule has 27 heavy (non-hydrogen) atoms. The molecular weight excluding hydrogens is 494 g/mol. The summed E-state index contributed by atoms with van der Waals surface area (Å²) in [6.45, 7) is 7.71. The molecule has 0 fully saturated rings. The summed E-state index contributed by atoms with van der Waals surface area (Å²) in [5.41, 5.74) is 3.25. The van der Waals surface area contributed by atoms with Crippen molar-refractivity contribution < 1.29 is 4.39 Å². The Bertz CT molecular complexity index is 756. The molecule has 0 aliphatic heterocycles. The molecule has 2 N–H and O–H groups in total. The Hall–Kier alpha value is -0.870. The number of hydrogen-bond acceptors (Lipinski definition) is 4. The fourth-order valence-electron chi connectivity index (χ4n) is 2.35. The number of thioether (sulfide) groups is 1. The number of thiazole rings is 1.